The molecule has 0 aliphatic heterocycles. The molecular formula is C20H20ClN3OS. The van der Waals surface area contributed by atoms with Crippen LogP contribution in [0.25, 0.3) is 0 Å². The Morgan fingerprint density at radius 1 is 1.15 bits per heavy atom. The first-order chi connectivity index (χ1) is 12.5. The maximum atomic E-state index is 12.4. The minimum atomic E-state index is -0.0262. The van der Waals surface area contributed by atoms with Gasteiger partial charge in [-0.3, -0.25) is 9.48 Å². The van der Waals surface area contributed by atoms with Gasteiger partial charge in [-0.15, -0.1) is 0 Å². The van der Waals surface area contributed by atoms with E-state index < -0.39 is 0 Å². The van der Waals surface area contributed by atoms with Crippen LogP contribution in [-0.4, -0.2) is 15.7 Å². The number of aromatic nitrogens is 2. The zero-order valence-electron chi connectivity index (χ0n) is 14.7. The molecule has 0 fully saturated rings. The molecule has 3 rings (SSSR count). The van der Waals surface area contributed by atoms with Crippen molar-refractivity contribution < 1.29 is 4.79 Å². The van der Waals surface area contributed by atoms with Gasteiger partial charge in [-0.1, -0.05) is 35.5 Å². The van der Waals surface area contributed by atoms with Crippen molar-refractivity contribution in [2.24, 2.45) is 0 Å². The number of para-hydroxylation sites is 1. The van der Waals surface area contributed by atoms with Crippen molar-refractivity contribution in [1.29, 1.82) is 0 Å². The van der Waals surface area contributed by atoms with Gasteiger partial charge in [0.1, 0.15) is 0 Å². The summed E-state index contributed by atoms with van der Waals surface area (Å²) in [4.78, 5) is 14.4. The van der Waals surface area contributed by atoms with Crippen LogP contribution >= 0.6 is 23.4 Å². The largest absolute Gasteiger partial charge is 0.325 e. The van der Waals surface area contributed by atoms with Crippen LogP contribution in [0.15, 0.2) is 64.4 Å². The Hall–Kier alpha value is -2.24. The van der Waals surface area contributed by atoms with Crippen LogP contribution in [0.1, 0.15) is 17.8 Å². The highest BCUT2D eigenvalue weighted by molar-refractivity contribution is 7.99. The number of carbonyl (C=O) groups is 1. The van der Waals surface area contributed by atoms with Gasteiger partial charge < -0.3 is 5.32 Å². The number of hydrogen-bond donors (Lipinski definition) is 1. The first-order valence-electron chi connectivity index (χ1n) is 8.34. The Labute approximate surface area is 162 Å². The van der Waals surface area contributed by atoms with E-state index in [1.807, 2.05) is 73.1 Å². The molecule has 0 aliphatic rings. The third-order valence-electron chi connectivity index (χ3n) is 3.86. The van der Waals surface area contributed by atoms with E-state index in [2.05, 4.69) is 10.4 Å². The molecule has 1 N–H and O–H groups in total. The number of amides is 1. The number of halogens is 1. The topological polar surface area (TPSA) is 46.9 Å². The zero-order valence-corrected chi connectivity index (χ0v) is 16.3. The molecule has 1 aromatic heterocycles. The molecule has 0 aliphatic carbocycles. The fourth-order valence-corrected chi connectivity index (χ4v) is 3.64. The second-order valence-corrected chi connectivity index (χ2v) is 7.55. The Bertz CT molecular complexity index is 906. The van der Waals surface area contributed by atoms with Crippen LogP contribution in [0, 0.1) is 13.8 Å². The molecule has 0 atom stereocenters. The Kier molecular flexibility index (Phi) is 6.01. The summed E-state index contributed by atoms with van der Waals surface area (Å²) in [5.41, 5.74) is 2.84. The molecule has 2 aromatic carbocycles. The average molecular weight is 386 g/mol. The highest BCUT2D eigenvalue weighted by atomic mass is 35.5. The lowest BCUT2D eigenvalue weighted by atomic mass is 10.3. The molecule has 1 amide bonds. The van der Waals surface area contributed by atoms with Crippen LogP contribution in [0.2, 0.25) is 5.02 Å². The fourth-order valence-electron chi connectivity index (χ4n) is 2.61. The van der Waals surface area contributed by atoms with Crippen molar-refractivity contribution in [1.82, 2.24) is 9.78 Å². The van der Waals surface area contributed by atoms with E-state index in [1.54, 1.807) is 11.8 Å². The molecule has 0 spiro atoms. The van der Waals surface area contributed by atoms with Crippen molar-refractivity contribution in [2.75, 3.05) is 5.32 Å². The summed E-state index contributed by atoms with van der Waals surface area (Å²) in [5.74, 6) is -0.0262. The van der Waals surface area contributed by atoms with E-state index in [1.165, 1.54) is 0 Å². The molecule has 1 heterocycles. The average Bonchev–Trinajstić information content (AvgIpc) is 2.94. The van der Waals surface area contributed by atoms with E-state index in [0.29, 0.717) is 18.0 Å². The van der Waals surface area contributed by atoms with Crippen molar-refractivity contribution in [2.45, 2.75) is 36.6 Å². The van der Waals surface area contributed by atoms with E-state index in [9.17, 15) is 4.79 Å². The van der Waals surface area contributed by atoms with Crippen molar-refractivity contribution in [3.8, 4) is 0 Å². The Morgan fingerprint density at radius 2 is 1.88 bits per heavy atom. The van der Waals surface area contributed by atoms with E-state index in [0.717, 1.165) is 26.9 Å². The number of carbonyl (C=O) groups excluding carboxylic acids is 1. The molecular weight excluding hydrogens is 366 g/mol. The second kappa shape index (κ2) is 8.43. The quantitative estimate of drug-likeness (QED) is 0.623. The normalized spacial score (nSPS) is 10.7. The van der Waals surface area contributed by atoms with Crippen molar-refractivity contribution in [3.05, 3.63) is 71.0 Å². The van der Waals surface area contributed by atoms with Gasteiger partial charge >= 0.3 is 0 Å². The number of nitrogens with zero attached hydrogens (tertiary/aromatic N) is 2. The lowest BCUT2D eigenvalue weighted by Crippen LogP contribution is -2.16. The minimum absolute atomic E-state index is 0.0262. The molecule has 0 saturated heterocycles. The lowest BCUT2D eigenvalue weighted by Gasteiger charge is -2.11. The predicted molar refractivity (Wildman–Crippen MR) is 107 cm³/mol. The van der Waals surface area contributed by atoms with Crippen LogP contribution in [0.4, 0.5) is 5.69 Å². The van der Waals surface area contributed by atoms with Gasteiger partial charge in [0.15, 0.2) is 0 Å². The third kappa shape index (κ3) is 4.90. The minimum Gasteiger partial charge on any atom is -0.325 e. The Morgan fingerprint density at radius 3 is 2.58 bits per heavy atom. The number of anilines is 1. The molecule has 0 bridgehead atoms. The molecule has 3 aromatic rings. The summed E-state index contributed by atoms with van der Waals surface area (Å²) in [7, 11) is 0. The van der Waals surface area contributed by atoms with Gasteiger partial charge in [0.05, 0.1) is 11.4 Å². The molecule has 0 saturated carbocycles. The van der Waals surface area contributed by atoms with Gasteiger partial charge in [0.2, 0.25) is 5.91 Å². The maximum Gasteiger partial charge on any atom is 0.226 e. The highest BCUT2D eigenvalue weighted by Gasteiger charge is 2.09. The predicted octanol–water partition coefficient (Wildman–Crippen LogP) is 5.33. The zero-order chi connectivity index (χ0) is 18.5. The summed E-state index contributed by atoms with van der Waals surface area (Å²) in [6.07, 6.45) is 0.377. The summed E-state index contributed by atoms with van der Waals surface area (Å²) < 4.78 is 1.86. The van der Waals surface area contributed by atoms with Gasteiger partial charge in [0, 0.05) is 33.5 Å². The Balaban J connectivity index is 1.64. The molecule has 26 heavy (non-hydrogen) atoms. The smallest absolute Gasteiger partial charge is 0.226 e. The molecule has 4 nitrogen and oxygen atoms in total. The van der Waals surface area contributed by atoms with Gasteiger partial charge in [-0.05, 0) is 56.3 Å². The van der Waals surface area contributed by atoms with E-state index >= 15 is 0 Å². The SMILES string of the molecule is Cc1cc(C)n(CCC(=O)Nc2ccccc2Sc2ccc(Cl)cc2)n1. The van der Waals surface area contributed by atoms with Gasteiger partial charge in [0.25, 0.3) is 0 Å². The lowest BCUT2D eigenvalue weighted by molar-refractivity contribution is -0.116. The van der Waals surface area contributed by atoms with Crippen LogP contribution < -0.4 is 5.32 Å². The number of rotatable bonds is 6. The molecule has 6 heteroatoms. The maximum absolute atomic E-state index is 12.4. The molecule has 0 radical (unpaired) electrons. The van der Waals surface area contributed by atoms with E-state index in [-0.39, 0.29) is 5.91 Å². The van der Waals surface area contributed by atoms with Crippen LogP contribution in [0.3, 0.4) is 0 Å². The van der Waals surface area contributed by atoms with Crippen LogP contribution in [0.5, 0.6) is 0 Å². The second-order valence-electron chi connectivity index (χ2n) is 6.00. The number of hydrogen-bond acceptors (Lipinski definition) is 3. The van der Waals surface area contributed by atoms with Gasteiger partial charge in [-0.25, -0.2) is 0 Å². The summed E-state index contributed by atoms with van der Waals surface area (Å²) in [6, 6.07) is 17.5. The first kappa shape index (κ1) is 18.5. The fraction of sp³-hybridized carbons (Fsp3) is 0.200. The van der Waals surface area contributed by atoms with Crippen molar-refractivity contribution >= 4 is 35.0 Å². The number of aryl methyl sites for hydroxylation is 3. The number of benzene rings is 2. The third-order valence-corrected chi connectivity index (χ3v) is 5.19. The van der Waals surface area contributed by atoms with Crippen LogP contribution in [-0.2, 0) is 11.3 Å². The first-order valence-corrected chi connectivity index (χ1v) is 9.54. The molecule has 0 unspecified atom stereocenters. The van der Waals surface area contributed by atoms with Crippen molar-refractivity contribution in [3.63, 3.8) is 0 Å². The summed E-state index contributed by atoms with van der Waals surface area (Å²) in [6.45, 7) is 4.52. The number of nitrogens with one attached hydrogen (secondary N) is 1. The van der Waals surface area contributed by atoms with Gasteiger partial charge in [-0.2, -0.15) is 5.10 Å². The van der Waals surface area contributed by atoms with E-state index in [4.69, 9.17) is 11.6 Å². The summed E-state index contributed by atoms with van der Waals surface area (Å²) >= 11 is 7.53. The monoisotopic (exact) mass is 385 g/mol. The molecule has 134 valence electrons. The summed E-state index contributed by atoms with van der Waals surface area (Å²) in [5, 5.41) is 8.11. The standard InChI is InChI=1S/C20H20ClN3OS/c1-14-13-15(2)24(23-14)12-11-20(25)22-18-5-3-4-6-19(18)26-17-9-7-16(21)8-10-17/h3-10,13H,11-12H2,1-2H3,(H,22,25). The highest BCUT2D eigenvalue weighted by Crippen LogP contribution is 2.33.